The van der Waals surface area contributed by atoms with Crippen LogP contribution in [0.15, 0.2) is 48.5 Å². The molecular formula is C18H17ClN2O2. The molecule has 1 saturated heterocycles. The smallest absolute Gasteiger partial charge is 0.319 e. The van der Waals surface area contributed by atoms with Gasteiger partial charge >= 0.3 is 6.03 Å². The molecule has 23 heavy (non-hydrogen) atoms. The molecule has 3 rings (SSSR count). The van der Waals surface area contributed by atoms with E-state index in [2.05, 4.69) is 5.32 Å². The molecule has 0 unspecified atom stereocenters. The van der Waals surface area contributed by atoms with Crippen LogP contribution in [0.5, 0.6) is 0 Å². The highest BCUT2D eigenvalue weighted by Gasteiger charge is 2.48. The van der Waals surface area contributed by atoms with Crippen LogP contribution >= 0.6 is 11.6 Å². The van der Waals surface area contributed by atoms with Crippen molar-refractivity contribution in [3.8, 4) is 0 Å². The van der Waals surface area contributed by atoms with Crippen molar-refractivity contribution in [3.05, 3.63) is 70.2 Å². The molecule has 1 aliphatic heterocycles. The minimum Gasteiger partial charge on any atom is -0.319 e. The van der Waals surface area contributed by atoms with Gasteiger partial charge in [-0.15, -0.1) is 0 Å². The molecule has 1 aliphatic rings. The molecule has 0 radical (unpaired) electrons. The van der Waals surface area contributed by atoms with Crippen molar-refractivity contribution in [1.29, 1.82) is 0 Å². The number of hydrogen-bond acceptors (Lipinski definition) is 2. The zero-order valence-electron chi connectivity index (χ0n) is 13.0. The van der Waals surface area contributed by atoms with Gasteiger partial charge in [0.25, 0.3) is 5.91 Å². The van der Waals surface area contributed by atoms with Crippen LogP contribution in [-0.4, -0.2) is 16.8 Å². The molecule has 1 heterocycles. The zero-order chi connectivity index (χ0) is 16.6. The number of halogens is 1. The van der Waals surface area contributed by atoms with Crippen LogP contribution in [0.4, 0.5) is 4.79 Å². The highest BCUT2D eigenvalue weighted by Crippen LogP contribution is 2.30. The monoisotopic (exact) mass is 328 g/mol. The standard InChI is InChI=1S/C18H17ClN2O2/c1-12-3-7-14(8-4-12)18(2)16(22)21(17(23)20-18)11-13-5-9-15(19)10-6-13/h3-10H,11H2,1-2H3,(H,20,23)/t18-/m1/s1. The molecular weight excluding hydrogens is 312 g/mol. The van der Waals surface area contributed by atoms with Gasteiger partial charge in [-0.25, -0.2) is 4.79 Å². The number of benzene rings is 2. The van der Waals surface area contributed by atoms with Gasteiger partial charge in [0.05, 0.1) is 6.54 Å². The molecule has 3 amide bonds. The Morgan fingerprint density at radius 2 is 1.65 bits per heavy atom. The van der Waals surface area contributed by atoms with Crippen molar-refractivity contribution in [2.24, 2.45) is 0 Å². The first-order valence-corrected chi connectivity index (χ1v) is 7.73. The second kappa shape index (κ2) is 5.70. The summed E-state index contributed by atoms with van der Waals surface area (Å²) in [6.07, 6.45) is 0. The second-order valence-corrected chi connectivity index (χ2v) is 6.38. The van der Waals surface area contributed by atoms with E-state index in [-0.39, 0.29) is 18.5 Å². The molecule has 0 bridgehead atoms. The maximum atomic E-state index is 12.8. The van der Waals surface area contributed by atoms with E-state index < -0.39 is 5.54 Å². The number of aryl methyl sites for hydroxylation is 1. The Bertz CT molecular complexity index is 756. The zero-order valence-corrected chi connectivity index (χ0v) is 13.7. The molecule has 1 atom stereocenters. The number of nitrogens with one attached hydrogen (secondary N) is 1. The van der Waals surface area contributed by atoms with Crippen LogP contribution < -0.4 is 5.32 Å². The lowest BCUT2D eigenvalue weighted by Gasteiger charge is -2.22. The van der Waals surface area contributed by atoms with Crippen molar-refractivity contribution < 1.29 is 9.59 Å². The van der Waals surface area contributed by atoms with Crippen LogP contribution in [0.1, 0.15) is 23.6 Å². The van der Waals surface area contributed by atoms with Gasteiger partial charge in [0.1, 0.15) is 5.54 Å². The molecule has 0 aromatic heterocycles. The van der Waals surface area contributed by atoms with Crippen LogP contribution in [-0.2, 0) is 16.9 Å². The molecule has 4 nitrogen and oxygen atoms in total. The highest BCUT2D eigenvalue weighted by atomic mass is 35.5. The van der Waals surface area contributed by atoms with Crippen molar-refractivity contribution in [1.82, 2.24) is 10.2 Å². The van der Waals surface area contributed by atoms with E-state index in [9.17, 15) is 9.59 Å². The van der Waals surface area contributed by atoms with E-state index in [1.54, 1.807) is 19.1 Å². The quantitative estimate of drug-likeness (QED) is 0.875. The van der Waals surface area contributed by atoms with Gasteiger partial charge in [0, 0.05) is 5.02 Å². The third-order valence-electron chi connectivity index (χ3n) is 4.16. The average molecular weight is 329 g/mol. The third kappa shape index (κ3) is 2.82. The Labute approximate surface area is 140 Å². The lowest BCUT2D eigenvalue weighted by Crippen LogP contribution is -2.40. The van der Waals surface area contributed by atoms with Gasteiger partial charge in [0.2, 0.25) is 0 Å². The first kappa shape index (κ1) is 15.6. The molecule has 2 aromatic rings. The summed E-state index contributed by atoms with van der Waals surface area (Å²) < 4.78 is 0. The van der Waals surface area contributed by atoms with Crippen LogP contribution in [0.25, 0.3) is 0 Å². The summed E-state index contributed by atoms with van der Waals surface area (Å²) >= 11 is 5.86. The predicted molar refractivity (Wildman–Crippen MR) is 89.1 cm³/mol. The van der Waals surface area contributed by atoms with Crippen LogP contribution in [0.3, 0.4) is 0 Å². The number of carbonyl (C=O) groups excluding carboxylic acids is 2. The Kier molecular flexibility index (Phi) is 3.86. The predicted octanol–water partition coefficient (Wildman–Crippen LogP) is 3.62. The van der Waals surface area contributed by atoms with Crippen molar-refractivity contribution in [3.63, 3.8) is 0 Å². The minimum absolute atomic E-state index is 0.225. The molecule has 118 valence electrons. The maximum absolute atomic E-state index is 12.8. The van der Waals surface area contributed by atoms with E-state index in [1.165, 1.54) is 4.90 Å². The maximum Gasteiger partial charge on any atom is 0.325 e. The number of urea groups is 1. The Morgan fingerprint density at radius 1 is 1.04 bits per heavy atom. The topological polar surface area (TPSA) is 49.4 Å². The molecule has 1 fully saturated rings. The number of hydrogen-bond donors (Lipinski definition) is 1. The van der Waals surface area contributed by atoms with E-state index >= 15 is 0 Å². The van der Waals surface area contributed by atoms with E-state index in [0.29, 0.717) is 5.02 Å². The number of carbonyl (C=O) groups is 2. The molecule has 1 N–H and O–H groups in total. The van der Waals surface area contributed by atoms with Gasteiger partial charge in [0.15, 0.2) is 0 Å². The first-order chi connectivity index (χ1) is 10.9. The lowest BCUT2D eigenvalue weighted by molar-refractivity contribution is -0.131. The third-order valence-corrected chi connectivity index (χ3v) is 4.41. The summed E-state index contributed by atoms with van der Waals surface area (Å²) in [5, 5.41) is 3.43. The molecule has 0 spiro atoms. The minimum atomic E-state index is -1.03. The fraction of sp³-hybridized carbons (Fsp3) is 0.222. The molecule has 2 aromatic carbocycles. The molecule has 0 saturated carbocycles. The summed E-state index contributed by atoms with van der Waals surface area (Å²) in [6.45, 7) is 3.94. The lowest BCUT2D eigenvalue weighted by atomic mass is 9.91. The van der Waals surface area contributed by atoms with Gasteiger partial charge in [-0.1, -0.05) is 53.6 Å². The van der Waals surface area contributed by atoms with Gasteiger partial charge in [-0.05, 0) is 37.1 Å². The van der Waals surface area contributed by atoms with Crippen molar-refractivity contribution in [2.75, 3.05) is 0 Å². The Morgan fingerprint density at radius 3 is 2.26 bits per heavy atom. The van der Waals surface area contributed by atoms with Gasteiger partial charge in [-0.2, -0.15) is 0 Å². The van der Waals surface area contributed by atoms with Crippen LogP contribution in [0.2, 0.25) is 5.02 Å². The van der Waals surface area contributed by atoms with E-state index in [4.69, 9.17) is 11.6 Å². The summed E-state index contributed by atoms with van der Waals surface area (Å²) in [4.78, 5) is 26.3. The van der Waals surface area contributed by atoms with Gasteiger partial charge < -0.3 is 5.32 Å². The fourth-order valence-electron chi connectivity index (χ4n) is 2.70. The fourth-order valence-corrected chi connectivity index (χ4v) is 2.82. The summed E-state index contributed by atoms with van der Waals surface area (Å²) in [7, 11) is 0. The summed E-state index contributed by atoms with van der Waals surface area (Å²) in [5.41, 5.74) is 1.70. The number of rotatable bonds is 3. The van der Waals surface area contributed by atoms with Crippen molar-refractivity contribution in [2.45, 2.75) is 25.9 Å². The van der Waals surface area contributed by atoms with Gasteiger partial charge in [-0.3, -0.25) is 9.69 Å². The summed E-state index contributed by atoms with van der Waals surface area (Å²) in [6, 6.07) is 14.3. The number of amides is 3. The average Bonchev–Trinajstić information content (AvgIpc) is 2.74. The Balaban J connectivity index is 1.87. The molecule has 0 aliphatic carbocycles. The van der Waals surface area contributed by atoms with E-state index in [1.807, 2.05) is 43.3 Å². The first-order valence-electron chi connectivity index (χ1n) is 7.36. The second-order valence-electron chi connectivity index (χ2n) is 5.94. The largest absolute Gasteiger partial charge is 0.325 e. The van der Waals surface area contributed by atoms with E-state index in [0.717, 1.165) is 16.7 Å². The highest BCUT2D eigenvalue weighted by molar-refractivity contribution is 6.30. The molecule has 5 heteroatoms. The Hall–Kier alpha value is -2.33. The number of imide groups is 1. The number of nitrogens with zero attached hydrogens (tertiary/aromatic N) is 1. The van der Waals surface area contributed by atoms with Crippen LogP contribution in [0, 0.1) is 6.92 Å². The van der Waals surface area contributed by atoms with Crippen molar-refractivity contribution >= 4 is 23.5 Å². The SMILES string of the molecule is Cc1ccc([C@@]2(C)NC(=O)N(Cc3ccc(Cl)cc3)C2=O)cc1. The normalized spacial score (nSPS) is 20.7. The summed E-state index contributed by atoms with van der Waals surface area (Å²) in [5.74, 6) is -0.249.